The van der Waals surface area contributed by atoms with E-state index in [4.69, 9.17) is 4.74 Å². The number of aromatic nitrogens is 2. The second-order valence-electron chi connectivity index (χ2n) is 6.47. The Kier molecular flexibility index (Phi) is 5.42. The van der Waals surface area contributed by atoms with E-state index in [1.807, 2.05) is 0 Å². The van der Waals surface area contributed by atoms with Crippen LogP contribution in [0.1, 0.15) is 10.6 Å². The van der Waals surface area contributed by atoms with Crippen molar-refractivity contribution < 1.29 is 22.8 Å². The molecule has 11 heteroatoms. The van der Waals surface area contributed by atoms with Crippen molar-refractivity contribution in [3.63, 3.8) is 0 Å². The third kappa shape index (κ3) is 4.26. The van der Waals surface area contributed by atoms with Gasteiger partial charge in [0.1, 0.15) is 34.8 Å². The molecule has 0 bridgehead atoms. The highest BCUT2D eigenvalue weighted by atomic mass is 32.1. The topological polar surface area (TPSA) is 87.3 Å². The smallest absolute Gasteiger partial charge is 0.334 e. The van der Waals surface area contributed by atoms with Crippen molar-refractivity contribution in [1.29, 1.82) is 0 Å². The zero-order valence-corrected chi connectivity index (χ0v) is 16.4. The second kappa shape index (κ2) is 8.19. The number of hydrogen-bond donors (Lipinski definition) is 0. The zero-order valence-electron chi connectivity index (χ0n) is 15.5. The predicted octanol–water partition coefficient (Wildman–Crippen LogP) is 4.41. The summed E-state index contributed by atoms with van der Waals surface area (Å²) in [4.78, 5) is 26.7. The van der Waals surface area contributed by atoms with Crippen LogP contribution in [0.25, 0.3) is 10.2 Å². The Morgan fingerprint density at radius 1 is 1.13 bits per heavy atom. The molecule has 0 spiro atoms. The predicted molar refractivity (Wildman–Crippen MR) is 107 cm³/mol. The summed E-state index contributed by atoms with van der Waals surface area (Å²) >= 11 is 1.11. The Morgan fingerprint density at radius 2 is 1.94 bits per heavy atom. The quantitative estimate of drug-likeness (QED) is 0.323. The maximum Gasteiger partial charge on any atom is 0.334 e. The molecule has 0 N–H and O–H groups in total. The van der Waals surface area contributed by atoms with Crippen LogP contribution in [-0.4, -0.2) is 14.5 Å². The van der Waals surface area contributed by atoms with Crippen LogP contribution in [0.4, 0.5) is 18.9 Å². The van der Waals surface area contributed by atoms with E-state index in [-0.39, 0.29) is 30.0 Å². The van der Waals surface area contributed by atoms with E-state index in [9.17, 15) is 28.1 Å². The lowest BCUT2D eigenvalue weighted by atomic mass is 10.2. The summed E-state index contributed by atoms with van der Waals surface area (Å²) in [5, 5.41) is 11.3. The van der Waals surface area contributed by atoms with Gasteiger partial charge in [-0.25, -0.2) is 18.2 Å². The van der Waals surface area contributed by atoms with Crippen LogP contribution in [0.2, 0.25) is 0 Å². The van der Waals surface area contributed by atoms with Gasteiger partial charge < -0.3 is 9.30 Å². The van der Waals surface area contributed by atoms with E-state index in [0.29, 0.717) is 9.71 Å². The van der Waals surface area contributed by atoms with Crippen LogP contribution in [0.5, 0.6) is 5.75 Å². The maximum atomic E-state index is 14.0. The minimum Gasteiger partial charge on any atom is -0.487 e. The first-order chi connectivity index (χ1) is 14.8. The molecule has 31 heavy (non-hydrogen) atoms. The first-order valence-electron chi connectivity index (χ1n) is 8.81. The number of thiazole rings is 1. The molecular weight excluding hydrogens is 435 g/mol. The monoisotopic (exact) mass is 447 g/mol. The van der Waals surface area contributed by atoms with Gasteiger partial charge >= 0.3 is 11.2 Å². The summed E-state index contributed by atoms with van der Waals surface area (Å²) in [5.41, 5.74) is -1.01. The van der Waals surface area contributed by atoms with Gasteiger partial charge in [-0.05, 0) is 18.2 Å². The van der Waals surface area contributed by atoms with Gasteiger partial charge in [-0.1, -0.05) is 0 Å². The molecule has 0 amide bonds. The Balaban J connectivity index is 1.64. The van der Waals surface area contributed by atoms with Crippen LogP contribution in [0.3, 0.4) is 0 Å². The molecule has 2 aromatic heterocycles. The molecule has 4 rings (SSSR count). The van der Waals surface area contributed by atoms with Gasteiger partial charge in [-0.2, -0.15) is 0 Å². The average Bonchev–Trinajstić information content (AvgIpc) is 3.10. The van der Waals surface area contributed by atoms with Crippen LogP contribution in [-0.2, 0) is 13.2 Å². The van der Waals surface area contributed by atoms with Gasteiger partial charge in [0.2, 0.25) is 0 Å². The van der Waals surface area contributed by atoms with Crippen LogP contribution in [0, 0.1) is 27.6 Å². The normalized spacial score (nSPS) is 11.1. The summed E-state index contributed by atoms with van der Waals surface area (Å²) in [6.45, 7) is -0.324. The summed E-state index contributed by atoms with van der Waals surface area (Å²) < 4.78 is 48.1. The van der Waals surface area contributed by atoms with Crippen LogP contribution in [0.15, 0.2) is 53.5 Å². The van der Waals surface area contributed by atoms with Gasteiger partial charge in [0, 0.05) is 36.0 Å². The Bertz CT molecular complexity index is 1370. The molecule has 0 unspecified atom stereocenters. The fraction of sp³-hybridized carbons (Fsp3) is 0.100. The van der Waals surface area contributed by atoms with Gasteiger partial charge in [-0.15, -0.1) is 11.3 Å². The van der Waals surface area contributed by atoms with Gasteiger partial charge in [0.15, 0.2) is 0 Å². The minimum atomic E-state index is -0.791. The number of halogens is 3. The lowest BCUT2D eigenvalue weighted by Crippen LogP contribution is -2.22. The highest BCUT2D eigenvalue weighted by Crippen LogP contribution is 2.33. The molecule has 0 aliphatic rings. The third-order valence-electron chi connectivity index (χ3n) is 4.37. The average molecular weight is 447 g/mol. The van der Waals surface area contributed by atoms with Crippen molar-refractivity contribution in [3.05, 3.63) is 97.2 Å². The molecule has 0 saturated heterocycles. The fourth-order valence-electron chi connectivity index (χ4n) is 2.92. The van der Waals surface area contributed by atoms with Crippen molar-refractivity contribution in [2.75, 3.05) is 0 Å². The molecule has 4 aromatic rings. The minimum absolute atomic E-state index is 0.0620. The largest absolute Gasteiger partial charge is 0.487 e. The number of nitrogens with zero attached hydrogens (tertiary/aromatic N) is 3. The summed E-state index contributed by atoms with van der Waals surface area (Å²) in [7, 11) is 0. The fourth-order valence-corrected chi connectivity index (χ4v) is 3.93. The molecule has 2 aromatic carbocycles. The van der Waals surface area contributed by atoms with E-state index in [2.05, 4.69) is 4.98 Å². The number of fused-ring (bicyclic) bond motifs is 1. The molecule has 0 saturated carbocycles. The molecule has 0 fully saturated rings. The van der Waals surface area contributed by atoms with Gasteiger partial charge in [-0.3, -0.25) is 14.9 Å². The molecular formula is C20H12F3N3O4S. The molecule has 0 aliphatic carbocycles. The molecule has 0 radical (unpaired) electrons. The molecule has 7 nitrogen and oxygen atoms in total. The van der Waals surface area contributed by atoms with E-state index in [0.717, 1.165) is 40.2 Å². The van der Waals surface area contributed by atoms with Gasteiger partial charge in [0.25, 0.3) is 0 Å². The number of ether oxygens (including phenoxy) is 1. The molecule has 0 aliphatic heterocycles. The Morgan fingerprint density at radius 3 is 2.68 bits per heavy atom. The van der Waals surface area contributed by atoms with E-state index < -0.39 is 33.6 Å². The lowest BCUT2D eigenvalue weighted by molar-refractivity contribution is -0.386. The Hall–Kier alpha value is -3.73. The molecule has 158 valence electrons. The van der Waals surface area contributed by atoms with Crippen molar-refractivity contribution in [3.8, 4) is 5.75 Å². The van der Waals surface area contributed by atoms with Crippen molar-refractivity contribution in [2.24, 2.45) is 0 Å². The summed E-state index contributed by atoms with van der Waals surface area (Å²) in [6, 6.07) is 7.81. The van der Waals surface area contributed by atoms with E-state index in [1.165, 1.54) is 24.4 Å². The first-order valence-corrected chi connectivity index (χ1v) is 9.63. The summed E-state index contributed by atoms with van der Waals surface area (Å²) in [5.74, 6) is -2.04. The zero-order chi connectivity index (χ0) is 22.1. The van der Waals surface area contributed by atoms with Crippen LogP contribution >= 0.6 is 11.3 Å². The number of nitro groups is 1. The number of rotatable bonds is 6. The highest BCUT2D eigenvalue weighted by Gasteiger charge is 2.17. The van der Waals surface area contributed by atoms with Crippen molar-refractivity contribution in [1.82, 2.24) is 9.55 Å². The first kappa shape index (κ1) is 20.5. The molecule has 0 atom stereocenters. The van der Waals surface area contributed by atoms with Crippen molar-refractivity contribution >= 4 is 27.2 Å². The van der Waals surface area contributed by atoms with E-state index in [1.54, 1.807) is 0 Å². The lowest BCUT2D eigenvalue weighted by Gasteiger charge is -2.08. The van der Waals surface area contributed by atoms with Gasteiger partial charge in [0.05, 0.1) is 21.7 Å². The standard InChI is InChI=1S/C20H12F3N3O4S/c21-12-4-3-11(14(23)6-12)10-30-17-8-13(22)7-15-19(17)31-18(24-15)9-25-5-1-2-16(20(25)27)26(28)29/h1-8H,9-10H2. The third-order valence-corrected chi connectivity index (χ3v) is 5.44. The highest BCUT2D eigenvalue weighted by molar-refractivity contribution is 7.19. The number of pyridine rings is 1. The molecule has 2 heterocycles. The van der Waals surface area contributed by atoms with Crippen molar-refractivity contribution in [2.45, 2.75) is 13.2 Å². The number of hydrogen-bond acceptors (Lipinski definition) is 6. The summed E-state index contributed by atoms with van der Waals surface area (Å²) in [6.07, 6.45) is 1.39. The number of benzene rings is 2. The second-order valence-corrected chi connectivity index (χ2v) is 7.55. The van der Waals surface area contributed by atoms with E-state index >= 15 is 0 Å². The SMILES string of the molecule is O=c1c([N+](=O)[O-])cccn1Cc1nc2cc(F)cc(OCc3ccc(F)cc3F)c2s1. The maximum absolute atomic E-state index is 14.0. The van der Waals surface area contributed by atoms with Crippen LogP contribution < -0.4 is 10.3 Å². The Labute approximate surface area is 176 Å².